The van der Waals surface area contributed by atoms with Crippen LogP contribution >= 0.6 is 11.3 Å². The van der Waals surface area contributed by atoms with E-state index in [1.54, 1.807) is 17.5 Å². The molecule has 0 bridgehead atoms. The highest BCUT2D eigenvalue weighted by Crippen LogP contribution is 2.23. The summed E-state index contributed by atoms with van der Waals surface area (Å²) in [7, 11) is 0. The maximum atomic E-state index is 6.14. The van der Waals surface area contributed by atoms with Crippen LogP contribution in [-0.2, 0) is 13.0 Å². The van der Waals surface area contributed by atoms with Crippen molar-refractivity contribution in [3.8, 4) is 0 Å². The number of aromatic nitrogens is 3. The maximum absolute atomic E-state index is 6.14. The SMILES string of the molecule is Nc1c(NCCc2cccs2)ncnc1NCc1cccnc1. The third-order valence-electron chi connectivity index (χ3n) is 3.31. The summed E-state index contributed by atoms with van der Waals surface area (Å²) < 4.78 is 0. The zero-order chi connectivity index (χ0) is 15.9. The minimum absolute atomic E-state index is 0.530. The van der Waals surface area contributed by atoms with Crippen LogP contribution in [-0.4, -0.2) is 21.5 Å². The van der Waals surface area contributed by atoms with Crippen LogP contribution in [0.25, 0.3) is 0 Å². The Morgan fingerprint density at radius 1 is 1.09 bits per heavy atom. The van der Waals surface area contributed by atoms with E-state index in [0.29, 0.717) is 23.9 Å². The number of pyridine rings is 1. The molecule has 0 atom stereocenters. The number of hydrogen-bond donors (Lipinski definition) is 3. The molecule has 3 aromatic rings. The molecule has 23 heavy (non-hydrogen) atoms. The second kappa shape index (κ2) is 7.55. The van der Waals surface area contributed by atoms with E-state index in [4.69, 9.17) is 5.73 Å². The average molecular weight is 326 g/mol. The lowest BCUT2D eigenvalue weighted by Gasteiger charge is -2.12. The minimum atomic E-state index is 0.530. The molecule has 0 aliphatic carbocycles. The summed E-state index contributed by atoms with van der Waals surface area (Å²) in [6.07, 6.45) is 6.01. The first-order valence-electron chi connectivity index (χ1n) is 7.32. The average Bonchev–Trinajstić information content (AvgIpc) is 3.10. The summed E-state index contributed by atoms with van der Waals surface area (Å²) in [5.41, 5.74) is 7.74. The maximum Gasteiger partial charge on any atom is 0.155 e. The molecule has 3 rings (SSSR count). The second-order valence-corrected chi connectivity index (χ2v) is 5.99. The Bertz CT molecular complexity index is 730. The summed E-state index contributed by atoms with van der Waals surface area (Å²) in [4.78, 5) is 13.8. The van der Waals surface area contributed by atoms with Gasteiger partial charge in [-0.25, -0.2) is 9.97 Å². The van der Waals surface area contributed by atoms with Crippen molar-refractivity contribution < 1.29 is 0 Å². The van der Waals surface area contributed by atoms with Crippen LogP contribution < -0.4 is 16.4 Å². The fourth-order valence-corrected chi connectivity index (χ4v) is 2.83. The number of nitrogen functional groups attached to an aromatic ring is 1. The van der Waals surface area contributed by atoms with Gasteiger partial charge in [0.05, 0.1) is 0 Å². The number of thiophene rings is 1. The summed E-state index contributed by atoms with van der Waals surface area (Å²) in [5, 5.41) is 8.57. The molecule has 0 saturated carbocycles. The van der Waals surface area contributed by atoms with Crippen LogP contribution in [0, 0.1) is 0 Å². The number of nitrogens with two attached hydrogens (primary N) is 1. The van der Waals surface area contributed by atoms with E-state index < -0.39 is 0 Å². The van der Waals surface area contributed by atoms with Crippen LogP contribution in [0.3, 0.4) is 0 Å². The van der Waals surface area contributed by atoms with Gasteiger partial charge < -0.3 is 16.4 Å². The lowest BCUT2D eigenvalue weighted by molar-refractivity contribution is 1.01. The van der Waals surface area contributed by atoms with Gasteiger partial charge in [0, 0.05) is 30.4 Å². The first-order chi connectivity index (χ1) is 11.3. The Morgan fingerprint density at radius 2 is 1.96 bits per heavy atom. The van der Waals surface area contributed by atoms with Gasteiger partial charge in [-0.3, -0.25) is 4.98 Å². The molecule has 3 heterocycles. The molecule has 6 nitrogen and oxygen atoms in total. The number of nitrogens with one attached hydrogen (secondary N) is 2. The molecule has 0 amide bonds. The molecular weight excluding hydrogens is 308 g/mol. The molecule has 0 fully saturated rings. The standard InChI is InChI=1S/C16H18N6S/c17-14-15(19-7-5-13-4-2-8-23-13)21-11-22-16(14)20-10-12-3-1-6-18-9-12/h1-4,6,8-9,11H,5,7,10,17H2,(H2,19,20,21,22). The largest absolute Gasteiger partial charge is 0.393 e. The summed E-state index contributed by atoms with van der Waals surface area (Å²) in [6, 6.07) is 8.07. The third kappa shape index (κ3) is 4.17. The van der Waals surface area contributed by atoms with Gasteiger partial charge in [-0.1, -0.05) is 12.1 Å². The summed E-state index contributed by atoms with van der Waals surface area (Å²) in [6.45, 7) is 1.40. The van der Waals surface area contributed by atoms with Crippen molar-refractivity contribution in [2.75, 3.05) is 22.9 Å². The molecular formula is C16H18N6S. The Labute approximate surface area is 138 Å². The monoisotopic (exact) mass is 326 g/mol. The smallest absolute Gasteiger partial charge is 0.155 e. The van der Waals surface area contributed by atoms with Crippen molar-refractivity contribution in [2.45, 2.75) is 13.0 Å². The molecule has 118 valence electrons. The quantitative estimate of drug-likeness (QED) is 0.619. The van der Waals surface area contributed by atoms with Crippen molar-refractivity contribution in [1.82, 2.24) is 15.0 Å². The van der Waals surface area contributed by atoms with Gasteiger partial charge in [0.1, 0.15) is 12.0 Å². The van der Waals surface area contributed by atoms with Gasteiger partial charge >= 0.3 is 0 Å². The number of rotatable bonds is 7. The highest BCUT2D eigenvalue weighted by molar-refractivity contribution is 7.09. The lowest BCUT2D eigenvalue weighted by atomic mass is 10.3. The lowest BCUT2D eigenvalue weighted by Crippen LogP contribution is -2.11. The van der Waals surface area contributed by atoms with Crippen LogP contribution in [0.4, 0.5) is 17.3 Å². The molecule has 0 saturated heterocycles. The first-order valence-corrected chi connectivity index (χ1v) is 8.20. The normalized spacial score (nSPS) is 10.4. The highest BCUT2D eigenvalue weighted by Gasteiger charge is 2.07. The van der Waals surface area contributed by atoms with Gasteiger partial charge in [-0.05, 0) is 29.5 Å². The zero-order valence-corrected chi connectivity index (χ0v) is 13.4. The first kappa shape index (κ1) is 15.2. The van der Waals surface area contributed by atoms with E-state index in [0.717, 1.165) is 18.5 Å². The van der Waals surface area contributed by atoms with Crippen LogP contribution in [0.1, 0.15) is 10.4 Å². The molecule has 0 spiro atoms. The van der Waals surface area contributed by atoms with E-state index in [1.165, 1.54) is 11.2 Å². The zero-order valence-electron chi connectivity index (χ0n) is 12.6. The van der Waals surface area contributed by atoms with Gasteiger partial charge in [0.25, 0.3) is 0 Å². The molecule has 0 unspecified atom stereocenters. The van der Waals surface area contributed by atoms with Gasteiger partial charge in [-0.15, -0.1) is 11.3 Å². The number of nitrogens with zero attached hydrogens (tertiary/aromatic N) is 3. The Balaban J connectivity index is 1.59. The Hall–Kier alpha value is -2.67. The van der Waals surface area contributed by atoms with E-state index >= 15 is 0 Å². The molecule has 4 N–H and O–H groups in total. The van der Waals surface area contributed by atoms with Crippen molar-refractivity contribution in [2.24, 2.45) is 0 Å². The van der Waals surface area contributed by atoms with Gasteiger partial charge in [-0.2, -0.15) is 0 Å². The molecule has 7 heteroatoms. The fourth-order valence-electron chi connectivity index (χ4n) is 2.12. The van der Waals surface area contributed by atoms with Crippen molar-refractivity contribution in [3.05, 3.63) is 58.8 Å². The van der Waals surface area contributed by atoms with Gasteiger partial charge in [0.15, 0.2) is 11.6 Å². The Morgan fingerprint density at radius 3 is 2.70 bits per heavy atom. The summed E-state index contributed by atoms with van der Waals surface area (Å²) >= 11 is 1.75. The predicted molar refractivity (Wildman–Crippen MR) is 94.5 cm³/mol. The molecule has 0 aliphatic heterocycles. The third-order valence-corrected chi connectivity index (χ3v) is 4.25. The van der Waals surface area contributed by atoms with Crippen LogP contribution in [0.2, 0.25) is 0 Å². The van der Waals surface area contributed by atoms with E-state index in [9.17, 15) is 0 Å². The second-order valence-electron chi connectivity index (χ2n) is 4.96. The highest BCUT2D eigenvalue weighted by atomic mass is 32.1. The van der Waals surface area contributed by atoms with E-state index in [-0.39, 0.29) is 0 Å². The van der Waals surface area contributed by atoms with Crippen LogP contribution in [0.5, 0.6) is 0 Å². The van der Waals surface area contributed by atoms with Crippen molar-refractivity contribution in [1.29, 1.82) is 0 Å². The van der Waals surface area contributed by atoms with Crippen molar-refractivity contribution >= 4 is 28.7 Å². The molecule has 3 aromatic heterocycles. The topological polar surface area (TPSA) is 88.8 Å². The molecule has 0 aliphatic rings. The van der Waals surface area contributed by atoms with E-state index in [2.05, 4.69) is 43.1 Å². The van der Waals surface area contributed by atoms with Crippen molar-refractivity contribution in [3.63, 3.8) is 0 Å². The minimum Gasteiger partial charge on any atom is -0.393 e. The fraction of sp³-hybridized carbons (Fsp3) is 0.188. The predicted octanol–water partition coefficient (Wildman–Crippen LogP) is 2.78. The summed E-state index contributed by atoms with van der Waals surface area (Å²) in [5.74, 6) is 1.28. The number of hydrogen-bond acceptors (Lipinski definition) is 7. The molecule has 0 aromatic carbocycles. The van der Waals surface area contributed by atoms with Gasteiger partial charge in [0.2, 0.25) is 0 Å². The number of anilines is 3. The Kier molecular flexibility index (Phi) is 5.00. The molecule has 0 radical (unpaired) electrons. The van der Waals surface area contributed by atoms with Crippen LogP contribution in [0.15, 0.2) is 48.4 Å². The van der Waals surface area contributed by atoms with E-state index in [1.807, 2.05) is 18.3 Å².